The van der Waals surface area contributed by atoms with Crippen LogP contribution in [0.3, 0.4) is 0 Å². The van der Waals surface area contributed by atoms with Crippen molar-refractivity contribution in [1.82, 2.24) is 0 Å². The summed E-state index contributed by atoms with van der Waals surface area (Å²) in [7, 11) is 4.74. The Balaban J connectivity index is 2.75. The zero-order chi connectivity index (χ0) is 12.0. The quantitative estimate of drug-likeness (QED) is 0.566. The van der Waals surface area contributed by atoms with Gasteiger partial charge in [-0.2, -0.15) is 0 Å². The molecule has 0 atom stereocenters. The topological polar surface area (TPSA) is 40.0 Å². The van der Waals surface area contributed by atoms with Gasteiger partial charge in [-0.15, -0.1) is 0 Å². The monoisotopic (exact) mass is 223 g/mol. The zero-order valence-corrected chi connectivity index (χ0v) is 10.1. The lowest BCUT2D eigenvalue weighted by Crippen LogP contribution is -2.26. The molecule has 0 unspecified atom stereocenters. The van der Waals surface area contributed by atoms with Crippen LogP contribution in [0.25, 0.3) is 0 Å². The molecule has 0 saturated carbocycles. The van der Waals surface area contributed by atoms with Crippen molar-refractivity contribution in [3.63, 3.8) is 0 Å². The SMILES string of the molecule is COc1ccc(/C=N/C(C)(OC)OC)cc1. The van der Waals surface area contributed by atoms with Crippen molar-refractivity contribution in [2.24, 2.45) is 4.99 Å². The molecule has 0 radical (unpaired) electrons. The standard InChI is InChI=1S/C12H17NO3/c1-12(15-3,16-4)13-9-10-5-7-11(14-2)8-6-10/h5-9H,1-4H3/b13-9+. The smallest absolute Gasteiger partial charge is 0.265 e. The van der Waals surface area contributed by atoms with Gasteiger partial charge in [-0.3, -0.25) is 0 Å². The van der Waals surface area contributed by atoms with Crippen molar-refractivity contribution in [3.8, 4) is 5.75 Å². The fraction of sp³-hybridized carbons (Fsp3) is 0.417. The predicted octanol–water partition coefficient (Wildman–Crippen LogP) is 2.08. The van der Waals surface area contributed by atoms with Crippen LogP contribution in [0.5, 0.6) is 5.75 Å². The first-order valence-corrected chi connectivity index (χ1v) is 4.93. The minimum absolute atomic E-state index is 0.818. The number of rotatable bonds is 5. The Labute approximate surface area is 95.9 Å². The van der Waals surface area contributed by atoms with Crippen LogP contribution >= 0.6 is 0 Å². The molecule has 88 valence electrons. The molecule has 16 heavy (non-hydrogen) atoms. The van der Waals surface area contributed by atoms with Crippen molar-refractivity contribution in [2.45, 2.75) is 12.8 Å². The third-order valence-corrected chi connectivity index (χ3v) is 2.32. The van der Waals surface area contributed by atoms with Gasteiger partial charge >= 0.3 is 0 Å². The number of hydrogen-bond donors (Lipinski definition) is 0. The van der Waals surface area contributed by atoms with Crippen LogP contribution in [0.2, 0.25) is 0 Å². The molecule has 4 nitrogen and oxygen atoms in total. The van der Waals surface area contributed by atoms with Gasteiger partial charge in [0.25, 0.3) is 5.91 Å². The van der Waals surface area contributed by atoms with Crippen molar-refractivity contribution in [2.75, 3.05) is 21.3 Å². The van der Waals surface area contributed by atoms with Gasteiger partial charge in [-0.05, 0) is 29.8 Å². The molecule has 0 saturated heterocycles. The molecular weight excluding hydrogens is 206 g/mol. The van der Waals surface area contributed by atoms with Gasteiger partial charge in [0.15, 0.2) is 0 Å². The highest BCUT2D eigenvalue weighted by Crippen LogP contribution is 2.13. The summed E-state index contributed by atoms with van der Waals surface area (Å²) in [6.07, 6.45) is 1.70. The molecule has 1 aromatic rings. The van der Waals surface area contributed by atoms with Crippen molar-refractivity contribution in [1.29, 1.82) is 0 Å². The third-order valence-electron chi connectivity index (χ3n) is 2.32. The van der Waals surface area contributed by atoms with E-state index in [0.717, 1.165) is 11.3 Å². The van der Waals surface area contributed by atoms with Crippen LogP contribution in [0.4, 0.5) is 0 Å². The Kier molecular flexibility index (Phi) is 4.46. The Morgan fingerprint density at radius 1 is 1.06 bits per heavy atom. The summed E-state index contributed by atoms with van der Waals surface area (Å²) in [5.41, 5.74) is 0.959. The molecule has 0 aliphatic heterocycles. The van der Waals surface area contributed by atoms with E-state index in [4.69, 9.17) is 14.2 Å². The second-order valence-corrected chi connectivity index (χ2v) is 3.34. The Morgan fingerprint density at radius 2 is 1.62 bits per heavy atom. The molecule has 0 amide bonds. The predicted molar refractivity (Wildman–Crippen MR) is 63.0 cm³/mol. The normalized spacial score (nSPS) is 12.0. The number of hydrogen-bond acceptors (Lipinski definition) is 4. The molecule has 0 spiro atoms. The van der Waals surface area contributed by atoms with Gasteiger partial charge in [-0.1, -0.05) is 0 Å². The molecule has 0 aliphatic rings. The molecule has 0 heterocycles. The Morgan fingerprint density at radius 3 is 2.06 bits per heavy atom. The lowest BCUT2D eigenvalue weighted by atomic mass is 10.2. The van der Waals surface area contributed by atoms with Gasteiger partial charge < -0.3 is 14.2 Å². The van der Waals surface area contributed by atoms with E-state index >= 15 is 0 Å². The number of nitrogens with zero attached hydrogens (tertiary/aromatic N) is 1. The number of aliphatic imine (C=N–C) groups is 1. The molecule has 0 fully saturated rings. The summed E-state index contributed by atoms with van der Waals surface area (Å²) in [4.78, 5) is 4.21. The molecule has 0 aromatic heterocycles. The number of benzene rings is 1. The summed E-state index contributed by atoms with van der Waals surface area (Å²) in [5, 5.41) is 0. The van der Waals surface area contributed by atoms with E-state index in [1.807, 2.05) is 24.3 Å². The van der Waals surface area contributed by atoms with Gasteiger partial charge in [0, 0.05) is 27.4 Å². The lowest BCUT2D eigenvalue weighted by molar-refractivity contribution is -0.185. The summed E-state index contributed by atoms with van der Waals surface area (Å²) in [5.74, 6) is -0.113. The first-order valence-electron chi connectivity index (χ1n) is 4.93. The van der Waals surface area contributed by atoms with Crippen LogP contribution < -0.4 is 4.74 Å². The minimum Gasteiger partial charge on any atom is -0.497 e. The largest absolute Gasteiger partial charge is 0.497 e. The summed E-state index contributed by atoms with van der Waals surface area (Å²) in [6, 6.07) is 7.57. The Bertz CT molecular complexity index is 342. The number of ether oxygens (including phenoxy) is 3. The average molecular weight is 223 g/mol. The highest BCUT2D eigenvalue weighted by Gasteiger charge is 2.19. The first-order chi connectivity index (χ1) is 7.63. The van der Waals surface area contributed by atoms with Crippen LogP contribution in [-0.4, -0.2) is 33.5 Å². The van der Waals surface area contributed by atoms with E-state index in [1.165, 1.54) is 0 Å². The van der Waals surface area contributed by atoms with Gasteiger partial charge in [0.2, 0.25) is 0 Å². The van der Waals surface area contributed by atoms with E-state index in [0.29, 0.717) is 0 Å². The van der Waals surface area contributed by atoms with Crippen molar-refractivity contribution < 1.29 is 14.2 Å². The van der Waals surface area contributed by atoms with Crippen LogP contribution in [0, 0.1) is 0 Å². The summed E-state index contributed by atoms with van der Waals surface area (Å²) in [6.45, 7) is 1.74. The van der Waals surface area contributed by atoms with E-state index in [1.54, 1.807) is 34.5 Å². The minimum atomic E-state index is -0.931. The first kappa shape index (κ1) is 12.7. The molecule has 1 aromatic carbocycles. The fourth-order valence-corrected chi connectivity index (χ4v) is 1.07. The Hall–Kier alpha value is -1.39. The fourth-order valence-electron chi connectivity index (χ4n) is 1.07. The van der Waals surface area contributed by atoms with Crippen LogP contribution in [0.15, 0.2) is 29.3 Å². The third kappa shape index (κ3) is 3.32. The van der Waals surface area contributed by atoms with E-state index in [-0.39, 0.29) is 0 Å². The van der Waals surface area contributed by atoms with E-state index in [2.05, 4.69) is 4.99 Å². The molecule has 0 N–H and O–H groups in total. The maximum atomic E-state index is 5.11. The molecule has 4 heteroatoms. The van der Waals surface area contributed by atoms with Gasteiger partial charge in [-0.25, -0.2) is 4.99 Å². The second-order valence-electron chi connectivity index (χ2n) is 3.34. The van der Waals surface area contributed by atoms with E-state index in [9.17, 15) is 0 Å². The molecule has 0 bridgehead atoms. The highest BCUT2D eigenvalue weighted by molar-refractivity contribution is 5.79. The highest BCUT2D eigenvalue weighted by atomic mass is 16.7. The van der Waals surface area contributed by atoms with Crippen LogP contribution in [-0.2, 0) is 9.47 Å². The second kappa shape index (κ2) is 5.63. The van der Waals surface area contributed by atoms with E-state index < -0.39 is 5.91 Å². The molecular formula is C12H17NO3. The van der Waals surface area contributed by atoms with Crippen molar-refractivity contribution >= 4 is 6.21 Å². The van der Waals surface area contributed by atoms with Gasteiger partial charge in [0.1, 0.15) is 5.75 Å². The maximum absolute atomic E-state index is 5.11. The van der Waals surface area contributed by atoms with Crippen molar-refractivity contribution in [3.05, 3.63) is 29.8 Å². The lowest BCUT2D eigenvalue weighted by Gasteiger charge is -2.20. The molecule has 0 aliphatic carbocycles. The van der Waals surface area contributed by atoms with Crippen LogP contribution in [0.1, 0.15) is 12.5 Å². The molecule has 1 rings (SSSR count). The average Bonchev–Trinajstić information content (AvgIpc) is 2.36. The summed E-state index contributed by atoms with van der Waals surface area (Å²) >= 11 is 0. The number of methoxy groups -OCH3 is 3. The zero-order valence-electron chi connectivity index (χ0n) is 10.1. The maximum Gasteiger partial charge on any atom is 0.265 e. The summed E-state index contributed by atoms with van der Waals surface area (Å²) < 4.78 is 15.3. The van der Waals surface area contributed by atoms with Gasteiger partial charge in [0.05, 0.1) is 7.11 Å².